The topological polar surface area (TPSA) is 9.23 Å². The Bertz CT molecular complexity index is 356. The first-order valence-corrected chi connectivity index (χ1v) is 6.89. The first-order chi connectivity index (χ1) is 7.68. The van der Waals surface area contributed by atoms with Crippen LogP contribution in [0.2, 0.25) is 0 Å². The van der Waals surface area contributed by atoms with E-state index in [2.05, 4.69) is 48.0 Å². The predicted molar refractivity (Wildman–Crippen MR) is 71.1 cm³/mol. The van der Waals surface area contributed by atoms with Gasteiger partial charge >= 0.3 is 0 Å². The smallest absolute Gasteiger partial charge is 0.0469 e. The highest BCUT2D eigenvalue weighted by atomic mass is 79.9. The predicted octanol–water partition coefficient (Wildman–Crippen LogP) is 4.17. The molecule has 0 saturated carbocycles. The van der Waals surface area contributed by atoms with Crippen LogP contribution >= 0.6 is 15.9 Å². The Morgan fingerprint density at radius 3 is 2.56 bits per heavy atom. The van der Waals surface area contributed by atoms with E-state index < -0.39 is 0 Å². The zero-order valence-corrected chi connectivity index (χ0v) is 11.6. The maximum Gasteiger partial charge on any atom is 0.0469 e. The molecule has 1 aliphatic heterocycles. The van der Waals surface area contributed by atoms with Gasteiger partial charge in [-0.2, -0.15) is 0 Å². The molecule has 1 fully saturated rings. The lowest BCUT2D eigenvalue weighted by Crippen LogP contribution is -2.19. The molecule has 0 amide bonds. The van der Waals surface area contributed by atoms with E-state index in [0.717, 1.165) is 19.1 Å². The summed E-state index contributed by atoms with van der Waals surface area (Å²) < 4.78 is 5.41. The second-order valence-corrected chi connectivity index (χ2v) is 5.70. The third-order valence-electron chi connectivity index (χ3n) is 3.40. The molecule has 1 heterocycles. The zero-order chi connectivity index (χ0) is 11.5. The summed E-state index contributed by atoms with van der Waals surface area (Å²) in [6.45, 7) is 6.18. The van der Waals surface area contributed by atoms with Gasteiger partial charge in [-0.1, -0.05) is 39.7 Å². The van der Waals surface area contributed by atoms with Crippen molar-refractivity contribution in [1.82, 2.24) is 0 Å². The van der Waals surface area contributed by atoms with Crippen LogP contribution in [0.25, 0.3) is 0 Å². The van der Waals surface area contributed by atoms with Crippen LogP contribution < -0.4 is 0 Å². The van der Waals surface area contributed by atoms with Gasteiger partial charge in [-0.15, -0.1) is 0 Å². The van der Waals surface area contributed by atoms with Crippen molar-refractivity contribution in [3.05, 3.63) is 34.9 Å². The van der Waals surface area contributed by atoms with E-state index in [1.807, 2.05) is 0 Å². The molecule has 2 heteroatoms. The third kappa shape index (κ3) is 2.67. The van der Waals surface area contributed by atoms with Crippen molar-refractivity contribution in [2.45, 2.75) is 31.5 Å². The Hall–Kier alpha value is -0.340. The van der Waals surface area contributed by atoms with Gasteiger partial charge in [-0.3, -0.25) is 0 Å². The van der Waals surface area contributed by atoms with Crippen molar-refractivity contribution in [2.24, 2.45) is 5.92 Å². The molecule has 1 aliphatic rings. The van der Waals surface area contributed by atoms with Crippen LogP contribution in [0.3, 0.4) is 0 Å². The molecule has 88 valence electrons. The van der Waals surface area contributed by atoms with E-state index in [4.69, 9.17) is 4.74 Å². The summed E-state index contributed by atoms with van der Waals surface area (Å²) in [5.74, 6) is 0.718. The fourth-order valence-electron chi connectivity index (χ4n) is 2.40. The third-order valence-corrected chi connectivity index (χ3v) is 4.64. The van der Waals surface area contributed by atoms with Gasteiger partial charge < -0.3 is 4.74 Å². The van der Waals surface area contributed by atoms with E-state index in [1.165, 1.54) is 29.5 Å². The Balaban J connectivity index is 2.15. The summed E-state index contributed by atoms with van der Waals surface area (Å²) in [6.07, 6.45) is 2.34. The largest absolute Gasteiger partial charge is 0.381 e. The summed E-state index contributed by atoms with van der Waals surface area (Å²) in [4.78, 5) is 0.483. The van der Waals surface area contributed by atoms with Crippen LogP contribution in [0.5, 0.6) is 0 Å². The van der Waals surface area contributed by atoms with Gasteiger partial charge in [-0.25, -0.2) is 0 Å². The van der Waals surface area contributed by atoms with Gasteiger partial charge in [0.05, 0.1) is 0 Å². The average Bonchev–Trinajstić information content (AvgIpc) is 2.29. The van der Waals surface area contributed by atoms with Crippen LogP contribution in [0, 0.1) is 19.8 Å². The van der Waals surface area contributed by atoms with Crippen molar-refractivity contribution < 1.29 is 4.74 Å². The van der Waals surface area contributed by atoms with Crippen molar-refractivity contribution in [3.8, 4) is 0 Å². The number of benzene rings is 1. The summed E-state index contributed by atoms with van der Waals surface area (Å²) in [5, 5.41) is 0. The molecule has 0 aliphatic carbocycles. The van der Waals surface area contributed by atoms with Gasteiger partial charge in [0.15, 0.2) is 0 Å². The highest BCUT2D eigenvalue weighted by Gasteiger charge is 2.24. The molecule has 1 unspecified atom stereocenters. The van der Waals surface area contributed by atoms with Gasteiger partial charge in [0.1, 0.15) is 0 Å². The monoisotopic (exact) mass is 282 g/mol. The van der Waals surface area contributed by atoms with Crippen molar-refractivity contribution in [1.29, 1.82) is 0 Å². The number of rotatable bonds is 2. The molecular formula is C14H19BrO. The Kier molecular flexibility index (Phi) is 4.04. The molecule has 0 spiro atoms. The molecular weight excluding hydrogens is 264 g/mol. The van der Waals surface area contributed by atoms with Gasteiger partial charge in [0.25, 0.3) is 0 Å². The number of hydrogen-bond acceptors (Lipinski definition) is 1. The number of halogens is 1. The lowest BCUT2D eigenvalue weighted by Gasteiger charge is -2.27. The number of aryl methyl sites for hydroxylation is 2. The zero-order valence-electron chi connectivity index (χ0n) is 10.0. The molecule has 2 rings (SSSR count). The van der Waals surface area contributed by atoms with E-state index >= 15 is 0 Å². The molecule has 0 N–H and O–H groups in total. The number of ether oxygens (including phenoxy) is 1. The molecule has 1 saturated heterocycles. The van der Waals surface area contributed by atoms with Gasteiger partial charge in [-0.05, 0) is 43.7 Å². The minimum atomic E-state index is 0.483. The SMILES string of the molecule is Cc1ccc(C(Br)C2CCOCC2)c(C)c1. The number of alkyl halides is 1. The molecule has 0 radical (unpaired) electrons. The first-order valence-electron chi connectivity index (χ1n) is 5.97. The lowest BCUT2D eigenvalue weighted by molar-refractivity contribution is 0.0661. The maximum atomic E-state index is 5.41. The van der Waals surface area contributed by atoms with Crippen molar-refractivity contribution in [2.75, 3.05) is 13.2 Å². The lowest BCUT2D eigenvalue weighted by atomic mass is 9.90. The molecule has 1 atom stereocenters. The van der Waals surface area contributed by atoms with Crippen molar-refractivity contribution >= 4 is 15.9 Å². The van der Waals surface area contributed by atoms with E-state index in [1.54, 1.807) is 0 Å². The second kappa shape index (κ2) is 5.33. The van der Waals surface area contributed by atoms with Crippen LogP contribution in [0.1, 0.15) is 34.4 Å². The molecule has 0 aromatic heterocycles. The summed E-state index contributed by atoms with van der Waals surface area (Å²) in [6, 6.07) is 6.73. The molecule has 0 bridgehead atoms. The van der Waals surface area contributed by atoms with Crippen LogP contribution in [0.15, 0.2) is 18.2 Å². The quantitative estimate of drug-likeness (QED) is 0.740. The van der Waals surface area contributed by atoms with E-state index in [0.29, 0.717) is 4.83 Å². The highest BCUT2D eigenvalue weighted by molar-refractivity contribution is 9.09. The van der Waals surface area contributed by atoms with Gasteiger partial charge in [0.2, 0.25) is 0 Å². The Morgan fingerprint density at radius 2 is 1.94 bits per heavy atom. The Labute approximate surface area is 106 Å². The molecule has 1 aromatic carbocycles. The normalized spacial score (nSPS) is 19.7. The number of hydrogen-bond donors (Lipinski definition) is 0. The fraction of sp³-hybridized carbons (Fsp3) is 0.571. The van der Waals surface area contributed by atoms with E-state index in [9.17, 15) is 0 Å². The standard InChI is InChI=1S/C14H19BrO/c1-10-3-4-13(11(2)9-10)14(15)12-5-7-16-8-6-12/h3-4,9,12,14H,5-8H2,1-2H3. The average molecular weight is 283 g/mol. The minimum absolute atomic E-state index is 0.483. The molecule has 1 nitrogen and oxygen atoms in total. The van der Waals surface area contributed by atoms with E-state index in [-0.39, 0.29) is 0 Å². The molecule has 1 aromatic rings. The Morgan fingerprint density at radius 1 is 1.25 bits per heavy atom. The fourth-order valence-corrected chi connectivity index (χ4v) is 3.44. The summed E-state index contributed by atoms with van der Waals surface area (Å²) in [7, 11) is 0. The minimum Gasteiger partial charge on any atom is -0.381 e. The highest BCUT2D eigenvalue weighted by Crippen LogP contribution is 2.38. The molecule has 16 heavy (non-hydrogen) atoms. The van der Waals surface area contributed by atoms with Crippen molar-refractivity contribution in [3.63, 3.8) is 0 Å². The van der Waals surface area contributed by atoms with Crippen LogP contribution in [-0.2, 0) is 4.74 Å². The second-order valence-electron chi connectivity index (χ2n) is 4.71. The van der Waals surface area contributed by atoms with Gasteiger partial charge in [0, 0.05) is 18.0 Å². The van der Waals surface area contributed by atoms with Crippen LogP contribution in [0.4, 0.5) is 0 Å². The maximum absolute atomic E-state index is 5.41. The van der Waals surface area contributed by atoms with Crippen LogP contribution in [-0.4, -0.2) is 13.2 Å². The first kappa shape index (κ1) is 12.1. The summed E-state index contributed by atoms with van der Waals surface area (Å²) in [5.41, 5.74) is 4.18. The summed E-state index contributed by atoms with van der Waals surface area (Å²) >= 11 is 3.87.